The average Bonchev–Trinajstić information content (AvgIpc) is 2.49. The molecule has 1 aromatic carbocycles. The first-order valence-electron chi connectivity index (χ1n) is 7.68. The first-order chi connectivity index (χ1) is 10.2. The minimum atomic E-state index is -0.0648. The third kappa shape index (κ3) is 6.02. The highest BCUT2D eigenvalue weighted by atomic mass is 35.5. The van der Waals surface area contributed by atoms with Crippen LogP contribution in [0.25, 0.3) is 0 Å². The summed E-state index contributed by atoms with van der Waals surface area (Å²) in [6.07, 6.45) is 3.45. The van der Waals surface area contributed by atoms with Crippen molar-refractivity contribution in [1.29, 1.82) is 0 Å². The molecule has 0 aliphatic carbocycles. The zero-order valence-electron chi connectivity index (χ0n) is 13.6. The molecular weight excluding hydrogens is 302 g/mol. The van der Waals surface area contributed by atoms with Gasteiger partial charge in [0.2, 0.25) is 5.91 Å². The molecule has 0 aromatic heterocycles. The molecule has 22 heavy (non-hydrogen) atoms. The van der Waals surface area contributed by atoms with E-state index in [4.69, 9.17) is 0 Å². The van der Waals surface area contributed by atoms with Gasteiger partial charge in [-0.2, -0.15) is 0 Å². The number of benzene rings is 1. The monoisotopic (exact) mass is 327 g/mol. The summed E-state index contributed by atoms with van der Waals surface area (Å²) in [5.41, 5.74) is 1.75. The van der Waals surface area contributed by atoms with E-state index in [0.717, 1.165) is 38.0 Å². The predicted molar refractivity (Wildman–Crippen MR) is 95.5 cm³/mol. The third-order valence-corrected chi connectivity index (χ3v) is 3.49. The number of rotatable bonds is 9. The molecule has 0 unspecified atom stereocenters. The molecule has 1 N–H and O–H groups in total. The molecule has 0 atom stereocenters. The summed E-state index contributed by atoms with van der Waals surface area (Å²) in [6, 6.07) is 5.33. The molecule has 124 valence electrons. The van der Waals surface area contributed by atoms with Crippen LogP contribution < -0.4 is 10.2 Å². The van der Waals surface area contributed by atoms with E-state index in [2.05, 4.69) is 36.2 Å². The van der Waals surface area contributed by atoms with Crippen molar-refractivity contribution in [2.45, 2.75) is 46.5 Å². The van der Waals surface area contributed by atoms with Gasteiger partial charge in [-0.1, -0.05) is 19.8 Å². The first-order valence-corrected chi connectivity index (χ1v) is 7.68. The summed E-state index contributed by atoms with van der Waals surface area (Å²) in [4.78, 5) is 24.9. The van der Waals surface area contributed by atoms with Crippen LogP contribution in [-0.2, 0) is 4.79 Å². The van der Waals surface area contributed by atoms with E-state index in [1.807, 2.05) is 12.1 Å². The van der Waals surface area contributed by atoms with E-state index < -0.39 is 0 Å². The Morgan fingerprint density at radius 2 is 1.86 bits per heavy atom. The Morgan fingerprint density at radius 3 is 2.41 bits per heavy atom. The molecule has 6 heteroatoms. The number of amides is 1. The zero-order valence-corrected chi connectivity index (χ0v) is 14.4. The maximum absolute atomic E-state index is 11.9. The van der Waals surface area contributed by atoms with Crippen LogP contribution in [0.1, 0.15) is 46.5 Å². The Bertz CT molecular complexity index is 476. The molecule has 0 aliphatic heterocycles. The summed E-state index contributed by atoms with van der Waals surface area (Å²) < 4.78 is 0. The fraction of sp³-hybridized carbons (Fsp3) is 0.562. The smallest absolute Gasteiger partial charge is 0.224 e. The van der Waals surface area contributed by atoms with Gasteiger partial charge in [-0.15, -0.1) is 17.3 Å². The Hall–Kier alpha value is -1.62. The molecule has 1 rings (SSSR count). The number of hydrogen-bond donors (Lipinski definition) is 1. The predicted octanol–water partition coefficient (Wildman–Crippen LogP) is 4.87. The van der Waals surface area contributed by atoms with Crippen LogP contribution in [0.5, 0.6) is 0 Å². The number of nitrogens with one attached hydrogen (secondary N) is 1. The minimum absolute atomic E-state index is 0. The lowest BCUT2D eigenvalue weighted by Gasteiger charge is -2.22. The fourth-order valence-electron chi connectivity index (χ4n) is 2.24. The van der Waals surface area contributed by atoms with Gasteiger partial charge in [-0.25, -0.2) is 0 Å². The van der Waals surface area contributed by atoms with Crippen molar-refractivity contribution in [3.8, 4) is 0 Å². The van der Waals surface area contributed by atoms with Crippen molar-refractivity contribution in [3.05, 3.63) is 23.1 Å². The molecule has 1 aromatic rings. The van der Waals surface area contributed by atoms with Crippen molar-refractivity contribution >= 4 is 35.4 Å². The van der Waals surface area contributed by atoms with Crippen molar-refractivity contribution in [1.82, 2.24) is 0 Å². The first kappa shape index (κ1) is 20.4. The van der Waals surface area contributed by atoms with Crippen LogP contribution in [0.15, 0.2) is 23.4 Å². The number of carbonyl (C=O) groups is 1. The van der Waals surface area contributed by atoms with Gasteiger partial charge in [0, 0.05) is 25.2 Å². The number of anilines is 2. The lowest BCUT2D eigenvalue weighted by molar-refractivity contribution is -0.116. The second-order valence-electron chi connectivity index (χ2n) is 4.97. The minimum Gasteiger partial charge on any atom is -0.372 e. The second kappa shape index (κ2) is 11.0. The molecule has 0 aliphatic rings. The summed E-state index contributed by atoms with van der Waals surface area (Å²) >= 11 is 0. The molecule has 0 spiro atoms. The van der Waals surface area contributed by atoms with Gasteiger partial charge in [-0.3, -0.25) is 4.79 Å². The van der Waals surface area contributed by atoms with E-state index in [1.165, 1.54) is 0 Å². The van der Waals surface area contributed by atoms with E-state index in [9.17, 15) is 9.70 Å². The van der Waals surface area contributed by atoms with Gasteiger partial charge in [0.05, 0.1) is 5.69 Å². The second-order valence-corrected chi connectivity index (χ2v) is 4.97. The van der Waals surface area contributed by atoms with Crippen molar-refractivity contribution in [2.75, 3.05) is 23.3 Å². The molecule has 0 radical (unpaired) electrons. The van der Waals surface area contributed by atoms with Crippen LogP contribution in [-0.4, -0.2) is 19.0 Å². The molecule has 0 saturated heterocycles. The number of carbonyl (C=O) groups excluding carboxylic acids is 1. The molecular formula is C16H26ClN3O2. The maximum Gasteiger partial charge on any atom is 0.224 e. The molecule has 0 heterocycles. The van der Waals surface area contributed by atoms with Crippen LogP contribution in [0.2, 0.25) is 0 Å². The van der Waals surface area contributed by atoms with Crippen molar-refractivity contribution in [2.24, 2.45) is 5.18 Å². The van der Waals surface area contributed by atoms with Gasteiger partial charge in [0.25, 0.3) is 0 Å². The highest BCUT2D eigenvalue weighted by Crippen LogP contribution is 2.30. The highest BCUT2D eigenvalue weighted by molar-refractivity contribution is 5.94. The van der Waals surface area contributed by atoms with Crippen LogP contribution in [0, 0.1) is 4.91 Å². The van der Waals surface area contributed by atoms with E-state index in [0.29, 0.717) is 12.1 Å². The van der Waals surface area contributed by atoms with Crippen molar-refractivity contribution in [3.63, 3.8) is 0 Å². The number of nitrogens with zero attached hydrogens (tertiary/aromatic N) is 2. The van der Waals surface area contributed by atoms with Crippen LogP contribution in [0.3, 0.4) is 0 Å². The number of unbranched alkanes of at least 4 members (excludes halogenated alkanes) is 2. The Balaban J connectivity index is 0.00000441. The zero-order chi connectivity index (χ0) is 15.7. The quantitative estimate of drug-likeness (QED) is 0.520. The van der Waals surface area contributed by atoms with E-state index in [-0.39, 0.29) is 24.0 Å². The van der Waals surface area contributed by atoms with E-state index >= 15 is 0 Å². The highest BCUT2D eigenvalue weighted by Gasteiger charge is 2.11. The summed E-state index contributed by atoms with van der Waals surface area (Å²) in [5, 5.41) is 5.79. The summed E-state index contributed by atoms with van der Waals surface area (Å²) in [7, 11) is 0. The lowest BCUT2D eigenvalue weighted by Crippen LogP contribution is -2.22. The standard InChI is InChI=1S/C16H25N3O2.ClH/c1-4-7-8-9-16(20)17-15-12-13(19(5-2)6-3)10-11-14(15)18-21;/h10-12H,4-9H2,1-3H3,(H,17,20);1H. The average molecular weight is 328 g/mol. The summed E-state index contributed by atoms with van der Waals surface area (Å²) in [6.45, 7) is 7.97. The third-order valence-electron chi connectivity index (χ3n) is 3.49. The molecule has 5 nitrogen and oxygen atoms in total. The van der Waals surface area contributed by atoms with Crippen LogP contribution in [0.4, 0.5) is 17.1 Å². The molecule has 0 saturated carbocycles. The summed E-state index contributed by atoms with van der Waals surface area (Å²) in [5.74, 6) is -0.0648. The normalized spacial score (nSPS) is 9.77. The van der Waals surface area contributed by atoms with E-state index in [1.54, 1.807) is 6.07 Å². The Kier molecular flexibility index (Phi) is 10.2. The van der Waals surface area contributed by atoms with Gasteiger partial charge in [0.15, 0.2) is 0 Å². The van der Waals surface area contributed by atoms with Gasteiger partial charge in [-0.05, 0) is 43.6 Å². The van der Waals surface area contributed by atoms with Crippen LogP contribution >= 0.6 is 12.4 Å². The topological polar surface area (TPSA) is 61.8 Å². The largest absolute Gasteiger partial charge is 0.372 e. The Labute approximate surface area is 138 Å². The molecule has 1 amide bonds. The fourth-order valence-corrected chi connectivity index (χ4v) is 2.24. The van der Waals surface area contributed by atoms with Gasteiger partial charge in [0.1, 0.15) is 5.69 Å². The number of hydrogen-bond acceptors (Lipinski definition) is 4. The SMILES string of the molecule is CCCCCC(=O)Nc1cc(N(CC)CC)ccc1N=O.Cl. The maximum atomic E-state index is 11.9. The van der Waals surface area contributed by atoms with Crippen molar-refractivity contribution < 1.29 is 4.79 Å². The number of nitroso groups, excluding NO2 is 1. The van der Waals surface area contributed by atoms with Gasteiger partial charge < -0.3 is 10.2 Å². The number of halogens is 1. The molecule has 0 fully saturated rings. The molecule has 0 bridgehead atoms. The lowest BCUT2D eigenvalue weighted by atomic mass is 10.2. The van der Waals surface area contributed by atoms with Gasteiger partial charge >= 0.3 is 0 Å². The Morgan fingerprint density at radius 1 is 1.18 bits per heavy atom.